The van der Waals surface area contributed by atoms with E-state index in [0.717, 1.165) is 36.3 Å². The SMILES string of the molecule is CCCCCCCCCCCCOc1ccc(C(=O)Oc2ccc(-c3ccc(C(C)OCCCCCCC)cc3)cc2)cc1. The Balaban J connectivity index is 1.34. The quantitative estimate of drug-likeness (QED) is 0.0617. The van der Waals surface area contributed by atoms with Crippen molar-refractivity contribution < 1.29 is 19.0 Å². The van der Waals surface area contributed by atoms with Crippen LogP contribution in [-0.2, 0) is 4.74 Å². The van der Waals surface area contributed by atoms with Crippen LogP contribution in [0.4, 0.5) is 0 Å². The van der Waals surface area contributed by atoms with Crippen LogP contribution in [0.5, 0.6) is 11.5 Å². The van der Waals surface area contributed by atoms with Crippen LogP contribution < -0.4 is 9.47 Å². The minimum absolute atomic E-state index is 0.0854. The topological polar surface area (TPSA) is 44.8 Å². The fourth-order valence-corrected chi connectivity index (χ4v) is 5.36. The second-order valence-corrected chi connectivity index (χ2v) is 12.0. The van der Waals surface area contributed by atoms with E-state index < -0.39 is 0 Å². The summed E-state index contributed by atoms with van der Waals surface area (Å²) in [6.07, 6.45) is 19.4. The first-order chi connectivity index (χ1) is 21.6. The summed E-state index contributed by atoms with van der Waals surface area (Å²) in [6.45, 7) is 8.14. The molecule has 0 amide bonds. The molecule has 0 saturated heterocycles. The van der Waals surface area contributed by atoms with Crippen LogP contribution in [0.3, 0.4) is 0 Å². The number of hydrogen-bond acceptors (Lipinski definition) is 4. The molecule has 44 heavy (non-hydrogen) atoms. The Morgan fingerprint density at radius 1 is 0.545 bits per heavy atom. The van der Waals surface area contributed by atoms with Gasteiger partial charge in [-0.1, -0.05) is 134 Å². The van der Waals surface area contributed by atoms with Crippen LogP contribution in [0.1, 0.15) is 139 Å². The van der Waals surface area contributed by atoms with E-state index in [1.807, 2.05) is 36.4 Å². The highest BCUT2D eigenvalue weighted by Gasteiger charge is 2.10. The van der Waals surface area contributed by atoms with E-state index in [0.29, 0.717) is 17.9 Å². The third-order valence-corrected chi connectivity index (χ3v) is 8.25. The van der Waals surface area contributed by atoms with Gasteiger partial charge >= 0.3 is 5.97 Å². The number of hydrogen-bond donors (Lipinski definition) is 0. The van der Waals surface area contributed by atoms with Gasteiger partial charge in [-0.05, 0) is 72.9 Å². The van der Waals surface area contributed by atoms with E-state index in [1.165, 1.54) is 89.0 Å². The Hall–Kier alpha value is -3.11. The fraction of sp³-hybridized carbons (Fsp3) is 0.525. The number of benzene rings is 3. The molecule has 0 heterocycles. The first kappa shape index (κ1) is 35.4. The van der Waals surface area contributed by atoms with Crippen LogP contribution in [0, 0.1) is 0 Å². The number of esters is 1. The number of carbonyl (C=O) groups is 1. The van der Waals surface area contributed by atoms with E-state index in [2.05, 4.69) is 45.0 Å². The summed E-state index contributed by atoms with van der Waals surface area (Å²) in [6, 6.07) is 23.4. The molecule has 0 saturated carbocycles. The molecule has 0 bridgehead atoms. The van der Waals surface area contributed by atoms with Crippen LogP contribution in [0.2, 0.25) is 0 Å². The van der Waals surface area contributed by atoms with Gasteiger partial charge in [-0.15, -0.1) is 0 Å². The third-order valence-electron chi connectivity index (χ3n) is 8.25. The van der Waals surface area contributed by atoms with Crippen LogP contribution in [0.15, 0.2) is 72.8 Å². The first-order valence-corrected chi connectivity index (χ1v) is 17.4. The number of unbranched alkanes of at least 4 members (excludes halogenated alkanes) is 13. The molecule has 0 aliphatic carbocycles. The molecular weight excluding hydrogens is 544 g/mol. The molecule has 0 radical (unpaired) electrons. The van der Waals surface area contributed by atoms with Crippen molar-refractivity contribution in [3.05, 3.63) is 83.9 Å². The van der Waals surface area contributed by atoms with Crippen molar-refractivity contribution in [2.45, 2.75) is 123 Å². The normalized spacial score (nSPS) is 11.8. The Morgan fingerprint density at radius 3 is 1.55 bits per heavy atom. The zero-order valence-corrected chi connectivity index (χ0v) is 27.7. The molecule has 3 rings (SSSR count). The predicted molar refractivity (Wildman–Crippen MR) is 184 cm³/mol. The largest absolute Gasteiger partial charge is 0.494 e. The lowest BCUT2D eigenvalue weighted by atomic mass is 10.0. The zero-order chi connectivity index (χ0) is 31.2. The zero-order valence-electron chi connectivity index (χ0n) is 27.7. The molecule has 1 unspecified atom stereocenters. The Morgan fingerprint density at radius 2 is 1.00 bits per heavy atom. The van der Waals surface area contributed by atoms with Crippen molar-refractivity contribution in [1.29, 1.82) is 0 Å². The maximum absolute atomic E-state index is 12.7. The molecule has 3 aromatic carbocycles. The summed E-state index contributed by atoms with van der Waals surface area (Å²) < 4.78 is 17.5. The van der Waals surface area contributed by atoms with Crippen molar-refractivity contribution in [1.82, 2.24) is 0 Å². The minimum Gasteiger partial charge on any atom is -0.494 e. The second-order valence-electron chi connectivity index (χ2n) is 12.0. The highest BCUT2D eigenvalue weighted by Crippen LogP contribution is 2.26. The van der Waals surface area contributed by atoms with Gasteiger partial charge in [-0.3, -0.25) is 0 Å². The summed E-state index contributed by atoms with van der Waals surface area (Å²) in [7, 11) is 0. The number of ether oxygens (including phenoxy) is 3. The molecule has 0 aliphatic rings. The van der Waals surface area contributed by atoms with Gasteiger partial charge in [0.1, 0.15) is 11.5 Å². The highest BCUT2D eigenvalue weighted by molar-refractivity contribution is 5.91. The van der Waals surface area contributed by atoms with Gasteiger partial charge in [0.05, 0.1) is 18.3 Å². The first-order valence-electron chi connectivity index (χ1n) is 17.4. The smallest absolute Gasteiger partial charge is 0.343 e. The van der Waals surface area contributed by atoms with Crippen molar-refractivity contribution in [2.24, 2.45) is 0 Å². The van der Waals surface area contributed by atoms with Crippen molar-refractivity contribution in [3.8, 4) is 22.6 Å². The molecule has 4 heteroatoms. The average molecular weight is 601 g/mol. The lowest BCUT2D eigenvalue weighted by Crippen LogP contribution is -2.08. The molecule has 0 aliphatic heterocycles. The summed E-state index contributed by atoms with van der Waals surface area (Å²) in [5, 5.41) is 0. The predicted octanol–water partition coefficient (Wildman–Crippen LogP) is 11.9. The van der Waals surface area contributed by atoms with E-state index in [1.54, 1.807) is 12.1 Å². The monoisotopic (exact) mass is 600 g/mol. The van der Waals surface area contributed by atoms with Crippen LogP contribution in [-0.4, -0.2) is 19.2 Å². The standard InChI is InChI=1S/C40H56O4/c1-4-6-8-10-11-12-13-14-16-18-32-43-38-27-25-37(26-28-38)40(41)44-39-29-23-36(24-30-39)35-21-19-34(20-22-35)33(3)42-31-17-15-9-7-5-2/h19-30,33H,4-18,31-32H2,1-3H3. The lowest BCUT2D eigenvalue weighted by molar-refractivity contribution is 0.0627. The fourth-order valence-electron chi connectivity index (χ4n) is 5.36. The van der Waals surface area contributed by atoms with Gasteiger partial charge in [0, 0.05) is 6.61 Å². The second kappa shape index (κ2) is 21.6. The molecule has 0 aromatic heterocycles. The van der Waals surface area contributed by atoms with E-state index in [9.17, 15) is 4.79 Å². The third kappa shape index (κ3) is 13.7. The van der Waals surface area contributed by atoms with E-state index in [-0.39, 0.29) is 12.1 Å². The lowest BCUT2D eigenvalue weighted by Gasteiger charge is -2.14. The molecular formula is C40H56O4. The Labute approximate surface area is 267 Å². The molecule has 1 atom stereocenters. The van der Waals surface area contributed by atoms with Gasteiger partial charge in [0.2, 0.25) is 0 Å². The summed E-state index contributed by atoms with van der Waals surface area (Å²) >= 11 is 0. The Bertz CT molecular complexity index is 1150. The number of carbonyl (C=O) groups excluding carboxylic acids is 1. The van der Waals surface area contributed by atoms with E-state index >= 15 is 0 Å². The summed E-state index contributed by atoms with van der Waals surface area (Å²) in [5.74, 6) is 0.941. The van der Waals surface area contributed by atoms with E-state index in [4.69, 9.17) is 14.2 Å². The maximum atomic E-state index is 12.7. The van der Waals surface area contributed by atoms with Gasteiger partial charge in [0.15, 0.2) is 0 Å². The van der Waals surface area contributed by atoms with Crippen LogP contribution >= 0.6 is 0 Å². The van der Waals surface area contributed by atoms with Crippen molar-refractivity contribution >= 4 is 5.97 Å². The molecule has 0 fully saturated rings. The van der Waals surface area contributed by atoms with Gasteiger partial charge in [-0.25, -0.2) is 4.79 Å². The Kier molecular flexibility index (Phi) is 17.3. The summed E-state index contributed by atoms with van der Waals surface area (Å²) in [5.41, 5.74) is 3.88. The molecule has 0 spiro atoms. The van der Waals surface area contributed by atoms with Crippen molar-refractivity contribution in [3.63, 3.8) is 0 Å². The van der Waals surface area contributed by atoms with Crippen LogP contribution in [0.25, 0.3) is 11.1 Å². The molecule has 240 valence electrons. The van der Waals surface area contributed by atoms with Crippen molar-refractivity contribution in [2.75, 3.05) is 13.2 Å². The maximum Gasteiger partial charge on any atom is 0.343 e. The minimum atomic E-state index is -0.373. The highest BCUT2D eigenvalue weighted by atomic mass is 16.5. The molecule has 0 N–H and O–H groups in total. The van der Waals surface area contributed by atoms with Gasteiger partial charge in [0.25, 0.3) is 0 Å². The average Bonchev–Trinajstić information content (AvgIpc) is 3.06. The molecule has 4 nitrogen and oxygen atoms in total. The molecule has 3 aromatic rings. The van der Waals surface area contributed by atoms with Gasteiger partial charge < -0.3 is 14.2 Å². The van der Waals surface area contributed by atoms with Gasteiger partial charge in [-0.2, -0.15) is 0 Å². The number of rotatable bonds is 23. The summed E-state index contributed by atoms with van der Waals surface area (Å²) in [4.78, 5) is 12.7.